The van der Waals surface area contributed by atoms with Gasteiger partial charge in [-0.25, -0.2) is 0 Å². The molecule has 0 aliphatic carbocycles. The first-order valence-corrected chi connectivity index (χ1v) is 14.8. The van der Waals surface area contributed by atoms with Crippen molar-refractivity contribution in [3.05, 3.63) is 94.0 Å². The Morgan fingerprint density at radius 3 is 2.30 bits per heavy atom. The van der Waals surface area contributed by atoms with Gasteiger partial charge in [0.2, 0.25) is 5.75 Å². The molecule has 7 bridgehead atoms. The van der Waals surface area contributed by atoms with Gasteiger partial charge in [-0.3, -0.25) is 4.90 Å². The first-order valence-electron chi connectivity index (χ1n) is 14.8. The molecule has 4 aromatic rings. The monoisotopic (exact) mass is 574 g/mol. The molecule has 218 valence electrons. The Hall–Kier alpha value is -4.62. The Morgan fingerprint density at radius 2 is 1.49 bits per heavy atom. The molecule has 1 atom stereocenters. The van der Waals surface area contributed by atoms with E-state index in [4.69, 9.17) is 23.7 Å². The fraction of sp³-hybridized carbons (Fsp3) is 0.278. The van der Waals surface area contributed by atoms with Crippen LogP contribution in [0.5, 0.6) is 46.0 Å². The minimum atomic E-state index is 0.0622. The lowest BCUT2D eigenvalue weighted by Gasteiger charge is -2.38. The summed E-state index contributed by atoms with van der Waals surface area (Å²) in [6.45, 7) is 1.84. The summed E-state index contributed by atoms with van der Waals surface area (Å²) < 4.78 is 31.5. The van der Waals surface area contributed by atoms with Crippen molar-refractivity contribution in [2.75, 3.05) is 41.4 Å². The van der Waals surface area contributed by atoms with E-state index in [1.165, 1.54) is 11.1 Å². The lowest BCUT2D eigenvalue weighted by atomic mass is 9.87. The number of rotatable bonds is 2. The van der Waals surface area contributed by atoms with Crippen LogP contribution in [0.4, 0.5) is 0 Å². The molecule has 43 heavy (non-hydrogen) atoms. The molecule has 7 nitrogen and oxygen atoms in total. The summed E-state index contributed by atoms with van der Waals surface area (Å²) in [5.74, 6) is 5.70. The normalized spacial score (nSPS) is 18.1. The molecule has 0 N–H and O–H groups in total. The van der Waals surface area contributed by atoms with Crippen molar-refractivity contribution in [1.82, 2.24) is 9.80 Å². The van der Waals surface area contributed by atoms with Crippen molar-refractivity contribution in [2.24, 2.45) is 0 Å². The van der Waals surface area contributed by atoms with Gasteiger partial charge in [0.05, 0.1) is 14.2 Å². The van der Waals surface area contributed by atoms with Crippen LogP contribution in [0, 0.1) is 0 Å². The smallest absolute Gasteiger partial charge is 0.212 e. The van der Waals surface area contributed by atoms with Gasteiger partial charge in [0.15, 0.2) is 34.5 Å². The van der Waals surface area contributed by atoms with Gasteiger partial charge in [-0.15, -0.1) is 0 Å². The van der Waals surface area contributed by atoms with Crippen LogP contribution >= 0.6 is 0 Å². The molecule has 1 unspecified atom stereocenters. The number of ether oxygens (including phenoxy) is 5. The predicted octanol–water partition coefficient (Wildman–Crippen LogP) is 7.47. The molecule has 5 aliphatic heterocycles. The number of hydrogen-bond acceptors (Lipinski definition) is 7. The van der Waals surface area contributed by atoms with Crippen molar-refractivity contribution in [1.29, 1.82) is 0 Å². The zero-order valence-electron chi connectivity index (χ0n) is 24.9. The molecule has 4 aromatic carbocycles. The van der Waals surface area contributed by atoms with Crippen molar-refractivity contribution in [3.8, 4) is 46.0 Å². The molecule has 0 amide bonds. The molecule has 9 rings (SSSR count). The number of nitrogens with zero attached hydrogens (tertiary/aromatic N) is 2. The molecule has 0 aromatic heterocycles. The first kappa shape index (κ1) is 26.0. The highest BCUT2D eigenvalue weighted by Gasteiger charge is 2.36. The summed E-state index contributed by atoms with van der Waals surface area (Å²) in [6, 6.07) is 20.9. The maximum atomic E-state index is 6.88. The molecule has 0 saturated carbocycles. The van der Waals surface area contributed by atoms with E-state index in [1.807, 2.05) is 18.2 Å². The number of fused-ring (bicyclic) bond motifs is 2. The van der Waals surface area contributed by atoms with Gasteiger partial charge < -0.3 is 28.6 Å². The third-order valence-corrected chi connectivity index (χ3v) is 9.21. The van der Waals surface area contributed by atoms with Crippen LogP contribution in [0.25, 0.3) is 11.8 Å². The van der Waals surface area contributed by atoms with Gasteiger partial charge in [0, 0.05) is 43.0 Å². The summed E-state index contributed by atoms with van der Waals surface area (Å²) in [6.07, 6.45) is 4.81. The second-order valence-corrected chi connectivity index (χ2v) is 11.8. The number of benzene rings is 4. The third kappa shape index (κ3) is 4.29. The minimum absolute atomic E-state index is 0.0622. The molecule has 5 heterocycles. The van der Waals surface area contributed by atoms with Gasteiger partial charge in [-0.05, 0) is 97.1 Å². The van der Waals surface area contributed by atoms with Crippen LogP contribution in [0.15, 0.2) is 60.7 Å². The molecular formula is C36H34N2O5. The first-order chi connectivity index (χ1) is 21.0. The van der Waals surface area contributed by atoms with Crippen molar-refractivity contribution >= 4 is 11.8 Å². The standard InChI is InChI=1S/C36H34N2O5/c1-37-13-11-23-18-31-32-20-26(23)27(37)15-21-5-8-25(9-6-21)41-30-17-22(7-10-29(30)39-3)16-28-34-24(12-14-38(28)2)19-33(40-4)35(42-31)36(34)43-32/h5-10,15,17-20,28H,11-14,16H2,1-4H3. The lowest BCUT2D eigenvalue weighted by molar-refractivity contribution is 0.219. The summed E-state index contributed by atoms with van der Waals surface area (Å²) in [7, 11) is 7.70. The Bertz CT molecular complexity index is 1800. The van der Waals surface area contributed by atoms with E-state index in [-0.39, 0.29) is 6.04 Å². The largest absolute Gasteiger partial charge is 0.493 e. The highest BCUT2D eigenvalue weighted by atomic mass is 16.6. The summed E-state index contributed by atoms with van der Waals surface area (Å²) in [5, 5.41) is 0. The fourth-order valence-electron chi connectivity index (χ4n) is 6.83. The second kappa shape index (κ2) is 9.99. The Balaban J connectivity index is 1.37. The third-order valence-electron chi connectivity index (χ3n) is 9.21. The van der Waals surface area contributed by atoms with Gasteiger partial charge >= 0.3 is 0 Å². The molecule has 0 radical (unpaired) electrons. The van der Waals surface area contributed by atoms with Crippen LogP contribution in [0.1, 0.15) is 39.4 Å². The van der Waals surface area contributed by atoms with E-state index in [9.17, 15) is 0 Å². The van der Waals surface area contributed by atoms with E-state index in [0.29, 0.717) is 23.0 Å². The maximum absolute atomic E-state index is 6.88. The van der Waals surface area contributed by atoms with Crippen LogP contribution in [-0.2, 0) is 19.3 Å². The quantitative estimate of drug-likeness (QED) is 0.217. The molecule has 0 fully saturated rings. The van der Waals surface area contributed by atoms with E-state index in [0.717, 1.165) is 83.3 Å². The number of methoxy groups -OCH3 is 2. The average molecular weight is 575 g/mol. The van der Waals surface area contributed by atoms with E-state index >= 15 is 0 Å². The second-order valence-electron chi connectivity index (χ2n) is 11.8. The van der Waals surface area contributed by atoms with E-state index < -0.39 is 0 Å². The van der Waals surface area contributed by atoms with Crippen molar-refractivity contribution < 1.29 is 23.7 Å². The van der Waals surface area contributed by atoms with Crippen molar-refractivity contribution in [3.63, 3.8) is 0 Å². The summed E-state index contributed by atoms with van der Waals surface area (Å²) in [5.41, 5.74) is 8.15. The zero-order chi connectivity index (χ0) is 29.2. The van der Waals surface area contributed by atoms with Gasteiger partial charge in [-0.2, -0.15) is 0 Å². The average Bonchev–Trinajstić information content (AvgIpc) is 3.02. The zero-order valence-corrected chi connectivity index (χ0v) is 24.9. The SMILES string of the molecule is COc1ccc2cc1Oc1ccc(cc1)C=C1c3cc4c(cc3CCN1C)Oc1c(OC)cc3c(c1O4)C(C2)N(C)CC3. The minimum Gasteiger partial charge on any atom is -0.493 e. The highest BCUT2D eigenvalue weighted by molar-refractivity contribution is 5.84. The number of likely N-dealkylation sites (N-methyl/N-ethyl adjacent to an activating group) is 2. The fourth-order valence-corrected chi connectivity index (χ4v) is 6.83. The maximum Gasteiger partial charge on any atom is 0.212 e. The van der Waals surface area contributed by atoms with Crippen LogP contribution in [-0.4, -0.2) is 51.2 Å². The summed E-state index contributed by atoms with van der Waals surface area (Å²) in [4.78, 5) is 4.71. The topological polar surface area (TPSA) is 52.6 Å². The van der Waals surface area contributed by atoms with Crippen LogP contribution in [0.3, 0.4) is 0 Å². The van der Waals surface area contributed by atoms with Gasteiger partial charge in [0.1, 0.15) is 5.75 Å². The van der Waals surface area contributed by atoms with Crippen LogP contribution < -0.4 is 23.7 Å². The molecule has 0 spiro atoms. The number of hydrogen-bond donors (Lipinski definition) is 0. The molecule has 5 aliphatic rings. The van der Waals surface area contributed by atoms with Crippen LogP contribution in [0.2, 0.25) is 0 Å². The Kier molecular flexibility index (Phi) is 6.05. The van der Waals surface area contributed by atoms with E-state index in [2.05, 4.69) is 72.4 Å². The Morgan fingerprint density at radius 1 is 0.721 bits per heavy atom. The Labute approximate surface area is 251 Å². The van der Waals surface area contributed by atoms with Gasteiger partial charge in [-0.1, -0.05) is 18.2 Å². The van der Waals surface area contributed by atoms with E-state index in [1.54, 1.807) is 14.2 Å². The van der Waals surface area contributed by atoms with Gasteiger partial charge in [0.25, 0.3) is 0 Å². The predicted molar refractivity (Wildman–Crippen MR) is 166 cm³/mol. The van der Waals surface area contributed by atoms with Crippen molar-refractivity contribution in [2.45, 2.75) is 25.3 Å². The highest BCUT2D eigenvalue weighted by Crippen LogP contribution is 2.56. The lowest BCUT2D eigenvalue weighted by Crippen LogP contribution is -2.34. The summed E-state index contributed by atoms with van der Waals surface area (Å²) >= 11 is 0. The molecule has 7 heteroatoms. The molecular weight excluding hydrogens is 540 g/mol. The molecule has 0 saturated heterocycles.